The summed E-state index contributed by atoms with van der Waals surface area (Å²) in [5.74, 6) is 0. The maximum Gasteiger partial charge on any atom is 0.297 e. The van der Waals surface area contributed by atoms with Crippen LogP contribution >= 0.6 is 50.1 Å². The molecule has 22 heavy (non-hydrogen) atoms. The number of hydrogen-bond donors (Lipinski definition) is 0. The van der Waals surface area contributed by atoms with Crippen LogP contribution in [-0.2, 0) is 22.5 Å². The van der Waals surface area contributed by atoms with Gasteiger partial charge in [0.05, 0.1) is 6.61 Å². The van der Waals surface area contributed by atoms with Crippen LogP contribution in [0.4, 0.5) is 0 Å². The molecule has 0 spiro atoms. The summed E-state index contributed by atoms with van der Waals surface area (Å²) in [6.07, 6.45) is 6.06. The molecule has 0 N–H and O–H groups in total. The van der Waals surface area contributed by atoms with Crippen molar-refractivity contribution in [1.82, 2.24) is 0 Å². The molecule has 1 aliphatic heterocycles. The number of fused-ring (bicyclic) bond motifs is 2. The fourth-order valence-electron chi connectivity index (χ4n) is 2.61. The lowest BCUT2D eigenvalue weighted by molar-refractivity contribution is 0.307. The van der Waals surface area contributed by atoms with Crippen molar-refractivity contribution in [2.24, 2.45) is 0 Å². The molecule has 2 bridgehead atoms. The molecule has 0 saturated heterocycles. The largest absolute Gasteiger partial charge is 0.297 e. The SMILES string of the molecule is C=Cc1c2ccc(C(Cl)(Br)I)c1CCCCCCOS2(=O)=O. The van der Waals surface area contributed by atoms with Crippen LogP contribution in [0.15, 0.2) is 23.6 Å². The number of benzene rings is 1. The standard InChI is InChI=1S/C15H17BrClIO3S/c1-2-11-12-7-5-3-4-6-10-21-22(19,20)14(11)9-8-13(12)15(16,17)18/h2,8-9H,1,3-7,10H2. The molecule has 0 saturated carbocycles. The van der Waals surface area contributed by atoms with Crippen LogP contribution in [0.5, 0.6) is 0 Å². The second-order valence-corrected chi connectivity index (χ2v) is 12.7. The highest BCUT2D eigenvalue weighted by molar-refractivity contribution is 14.1. The molecule has 0 radical (unpaired) electrons. The van der Waals surface area contributed by atoms with Gasteiger partial charge in [-0.05, 0) is 64.6 Å². The molecule has 7 heteroatoms. The van der Waals surface area contributed by atoms with Crippen molar-refractivity contribution in [2.45, 2.75) is 38.8 Å². The van der Waals surface area contributed by atoms with E-state index in [1.165, 1.54) is 0 Å². The maximum absolute atomic E-state index is 12.4. The lowest BCUT2D eigenvalue weighted by Crippen LogP contribution is -2.13. The van der Waals surface area contributed by atoms with E-state index >= 15 is 0 Å². The van der Waals surface area contributed by atoms with E-state index in [2.05, 4.69) is 45.1 Å². The average Bonchev–Trinajstić information content (AvgIpc) is 2.44. The fraction of sp³-hybridized carbons (Fsp3) is 0.467. The Morgan fingerprint density at radius 2 is 2.00 bits per heavy atom. The van der Waals surface area contributed by atoms with Crippen molar-refractivity contribution >= 4 is 66.3 Å². The van der Waals surface area contributed by atoms with Crippen molar-refractivity contribution in [1.29, 1.82) is 0 Å². The lowest BCUT2D eigenvalue weighted by atomic mass is 9.96. The van der Waals surface area contributed by atoms with Gasteiger partial charge in [0, 0.05) is 0 Å². The average molecular weight is 520 g/mol. The third kappa shape index (κ3) is 4.26. The highest BCUT2D eigenvalue weighted by Crippen LogP contribution is 2.46. The summed E-state index contributed by atoms with van der Waals surface area (Å²) >= 11 is 11.9. The van der Waals surface area contributed by atoms with Crippen molar-refractivity contribution in [3.63, 3.8) is 0 Å². The molecule has 0 aliphatic carbocycles. The molecule has 1 atom stereocenters. The first-order valence-electron chi connectivity index (χ1n) is 7.02. The van der Waals surface area contributed by atoms with Gasteiger partial charge in [0.1, 0.15) is 4.90 Å². The van der Waals surface area contributed by atoms with Gasteiger partial charge in [0.15, 0.2) is 1.79 Å². The topological polar surface area (TPSA) is 43.4 Å². The summed E-state index contributed by atoms with van der Waals surface area (Å²) in [6.45, 7) is 4.01. The number of hydrogen-bond acceptors (Lipinski definition) is 3. The highest BCUT2D eigenvalue weighted by Gasteiger charge is 2.29. The first-order valence-corrected chi connectivity index (χ1v) is 10.7. The van der Waals surface area contributed by atoms with Crippen molar-refractivity contribution < 1.29 is 12.6 Å². The predicted octanol–water partition coefficient (Wildman–Crippen LogP) is 5.33. The summed E-state index contributed by atoms with van der Waals surface area (Å²) < 4.78 is 29.2. The van der Waals surface area contributed by atoms with Crippen molar-refractivity contribution in [3.05, 3.63) is 35.4 Å². The van der Waals surface area contributed by atoms with Crippen LogP contribution in [0, 0.1) is 0 Å². The first kappa shape index (κ1) is 18.7. The molecular weight excluding hydrogens is 502 g/mol. The Morgan fingerprint density at radius 3 is 2.64 bits per heavy atom. The van der Waals surface area contributed by atoms with Gasteiger partial charge in [-0.1, -0.05) is 59.1 Å². The Labute approximate surface area is 158 Å². The second-order valence-electron chi connectivity index (χ2n) is 5.15. The zero-order valence-corrected chi connectivity index (χ0v) is 17.3. The smallest absolute Gasteiger partial charge is 0.266 e. The molecule has 1 heterocycles. The molecule has 1 aliphatic rings. The Hall–Kier alpha value is 0.370. The van der Waals surface area contributed by atoms with Crippen LogP contribution in [0.1, 0.15) is 42.4 Å². The summed E-state index contributed by atoms with van der Waals surface area (Å²) in [4.78, 5) is 0.174. The molecule has 1 aromatic rings. The predicted molar refractivity (Wildman–Crippen MR) is 102 cm³/mol. The minimum atomic E-state index is -3.77. The molecule has 0 amide bonds. The van der Waals surface area contributed by atoms with E-state index in [0.29, 0.717) is 5.56 Å². The second kappa shape index (κ2) is 7.51. The first-order chi connectivity index (χ1) is 10.3. The molecule has 2 rings (SSSR count). The summed E-state index contributed by atoms with van der Waals surface area (Å²) in [7, 11) is -3.77. The normalized spacial score (nSPS) is 21.4. The van der Waals surface area contributed by atoms with Crippen molar-refractivity contribution in [2.75, 3.05) is 6.61 Å². The van der Waals surface area contributed by atoms with Crippen molar-refractivity contribution in [3.8, 4) is 0 Å². The van der Waals surface area contributed by atoms with Gasteiger partial charge in [-0.25, -0.2) is 0 Å². The molecular formula is C15H17BrClIO3S. The van der Waals surface area contributed by atoms with E-state index in [1.54, 1.807) is 18.2 Å². The number of rotatable bonds is 2. The lowest BCUT2D eigenvalue weighted by Gasteiger charge is -2.21. The van der Waals surface area contributed by atoms with E-state index in [1.807, 2.05) is 0 Å². The molecule has 1 aromatic carbocycles. The van der Waals surface area contributed by atoms with Gasteiger partial charge in [-0.15, -0.1) is 0 Å². The Morgan fingerprint density at radius 1 is 1.32 bits per heavy atom. The van der Waals surface area contributed by atoms with E-state index in [-0.39, 0.29) is 11.5 Å². The number of halogens is 3. The fourth-order valence-corrected chi connectivity index (χ4v) is 4.84. The zero-order valence-electron chi connectivity index (χ0n) is 11.9. The van der Waals surface area contributed by atoms with Gasteiger partial charge in [-0.2, -0.15) is 8.42 Å². The van der Waals surface area contributed by atoms with E-state index in [9.17, 15) is 8.42 Å². The molecule has 0 fully saturated rings. The van der Waals surface area contributed by atoms with Gasteiger partial charge in [0.25, 0.3) is 10.1 Å². The summed E-state index contributed by atoms with van der Waals surface area (Å²) in [6, 6.07) is 3.31. The summed E-state index contributed by atoms with van der Waals surface area (Å²) in [5.41, 5.74) is 2.38. The maximum atomic E-state index is 12.4. The van der Waals surface area contributed by atoms with Crippen LogP contribution in [0.25, 0.3) is 6.08 Å². The summed E-state index contributed by atoms with van der Waals surface area (Å²) in [5, 5.41) is 0. The van der Waals surface area contributed by atoms with E-state index in [0.717, 1.165) is 43.2 Å². The quantitative estimate of drug-likeness (QED) is 0.301. The monoisotopic (exact) mass is 518 g/mol. The molecule has 0 aromatic heterocycles. The highest BCUT2D eigenvalue weighted by atomic mass is 127. The Bertz CT molecular complexity index is 668. The molecule has 1 unspecified atom stereocenters. The Kier molecular flexibility index (Phi) is 6.38. The number of alkyl halides is 3. The molecule has 3 nitrogen and oxygen atoms in total. The zero-order chi connectivity index (χ0) is 16.4. The van der Waals surface area contributed by atoms with Gasteiger partial charge >= 0.3 is 0 Å². The Balaban J connectivity index is 2.69. The van der Waals surface area contributed by atoms with Crippen LogP contribution in [0.3, 0.4) is 0 Å². The van der Waals surface area contributed by atoms with E-state index < -0.39 is 11.9 Å². The van der Waals surface area contributed by atoms with Gasteiger partial charge < -0.3 is 0 Å². The van der Waals surface area contributed by atoms with E-state index in [4.69, 9.17) is 15.8 Å². The third-order valence-electron chi connectivity index (χ3n) is 3.66. The molecule has 122 valence electrons. The van der Waals surface area contributed by atoms with Gasteiger partial charge in [-0.3, -0.25) is 4.18 Å². The minimum absolute atomic E-state index is 0.174. The minimum Gasteiger partial charge on any atom is -0.266 e. The van der Waals surface area contributed by atoms with Crippen LogP contribution < -0.4 is 0 Å². The van der Waals surface area contributed by atoms with Crippen LogP contribution in [-0.4, -0.2) is 15.0 Å². The van der Waals surface area contributed by atoms with Crippen LogP contribution in [0.2, 0.25) is 0 Å². The third-order valence-corrected chi connectivity index (χ3v) is 6.24. The van der Waals surface area contributed by atoms with Gasteiger partial charge in [0.2, 0.25) is 0 Å².